The lowest BCUT2D eigenvalue weighted by atomic mass is 9.92. The fourth-order valence-electron chi connectivity index (χ4n) is 3.17. The van der Waals surface area contributed by atoms with E-state index in [0.717, 1.165) is 47.2 Å². The molecule has 0 saturated carbocycles. The van der Waals surface area contributed by atoms with Crippen LogP contribution in [0.4, 0.5) is 5.82 Å². The van der Waals surface area contributed by atoms with Crippen molar-refractivity contribution in [2.24, 2.45) is 7.05 Å². The summed E-state index contributed by atoms with van der Waals surface area (Å²) in [5.74, 6) is 2.86. The van der Waals surface area contributed by atoms with Gasteiger partial charge in [0, 0.05) is 33.0 Å². The average molecular weight is 329 g/mol. The lowest BCUT2D eigenvalue weighted by Gasteiger charge is -2.49. The summed E-state index contributed by atoms with van der Waals surface area (Å²) in [7, 11) is 3.76. The molecule has 3 aromatic rings. The molecule has 0 N–H and O–H groups in total. The molecule has 23 heavy (non-hydrogen) atoms. The van der Waals surface area contributed by atoms with Gasteiger partial charge in [-0.2, -0.15) is 0 Å². The second-order valence-electron chi connectivity index (χ2n) is 5.87. The summed E-state index contributed by atoms with van der Waals surface area (Å²) in [5.41, 5.74) is -0.363. The zero-order chi connectivity index (χ0) is 16.0. The maximum atomic E-state index is 5.84. The number of hydrogen-bond donors (Lipinski definition) is 0. The molecule has 0 atom stereocenters. The van der Waals surface area contributed by atoms with Crippen molar-refractivity contribution in [2.75, 3.05) is 25.1 Å². The molecule has 0 radical (unpaired) electrons. The van der Waals surface area contributed by atoms with E-state index < -0.39 is 0 Å². The van der Waals surface area contributed by atoms with Crippen LogP contribution < -0.4 is 4.90 Å². The predicted octanol–water partition coefficient (Wildman–Crippen LogP) is 2.35. The van der Waals surface area contributed by atoms with Crippen LogP contribution in [0.5, 0.6) is 0 Å². The molecule has 0 unspecified atom stereocenters. The highest BCUT2D eigenvalue weighted by atomic mass is 32.1. The molecule has 120 valence electrons. The van der Waals surface area contributed by atoms with Gasteiger partial charge < -0.3 is 14.2 Å². The minimum absolute atomic E-state index is 0.363. The number of rotatable bonds is 4. The van der Waals surface area contributed by atoms with Gasteiger partial charge in [-0.3, -0.25) is 0 Å². The summed E-state index contributed by atoms with van der Waals surface area (Å²) in [5, 5.41) is 3.20. The van der Waals surface area contributed by atoms with Crippen molar-refractivity contribution < 1.29 is 4.74 Å². The maximum Gasteiger partial charge on any atom is 0.160 e. The number of anilines is 1. The summed E-state index contributed by atoms with van der Waals surface area (Å²) < 4.78 is 7.86. The van der Waals surface area contributed by atoms with Crippen molar-refractivity contribution >= 4 is 27.4 Å². The Morgan fingerprint density at radius 1 is 1.35 bits per heavy atom. The van der Waals surface area contributed by atoms with E-state index in [-0.39, 0.29) is 5.60 Å². The molecule has 0 bridgehead atoms. The Kier molecular flexibility index (Phi) is 3.35. The van der Waals surface area contributed by atoms with Gasteiger partial charge in [-0.05, 0) is 11.4 Å². The first-order valence-corrected chi connectivity index (χ1v) is 8.57. The van der Waals surface area contributed by atoms with E-state index in [1.165, 1.54) is 0 Å². The number of imidazole rings is 1. The predicted molar refractivity (Wildman–Crippen MR) is 90.9 cm³/mol. The van der Waals surface area contributed by atoms with Gasteiger partial charge in [0.2, 0.25) is 0 Å². The molecule has 0 spiro atoms. The maximum absolute atomic E-state index is 5.84. The largest absolute Gasteiger partial charge is 0.367 e. The van der Waals surface area contributed by atoms with Crippen LogP contribution in [-0.4, -0.2) is 39.7 Å². The van der Waals surface area contributed by atoms with Gasteiger partial charge in [0.15, 0.2) is 5.60 Å². The van der Waals surface area contributed by atoms with Crippen LogP contribution in [0.3, 0.4) is 0 Å². The summed E-state index contributed by atoms with van der Waals surface area (Å²) >= 11 is 1.66. The Morgan fingerprint density at radius 3 is 2.83 bits per heavy atom. The molecule has 0 aromatic carbocycles. The third-order valence-corrected chi connectivity index (χ3v) is 5.29. The highest BCUT2D eigenvalue weighted by molar-refractivity contribution is 7.16. The molecule has 1 saturated heterocycles. The summed E-state index contributed by atoms with van der Waals surface area (Å²) in [6.45, 7) is 3.58. The summed E-state index contributed by atoms with van der Waals surface area (Å²) in [6, 6.07) is 2.10. The van der Waals surface area contributed by atoms with Gasteiger partial charge in [-0.25, -0.2) is 15.0 Å². The topological polar surface area (TPSA) is 56.1 Å². The molecule has 0 amide bonds. The Bertz CT molecular complexity index is 849. The number of fused-ring (bicyclic) bond motifs is 1. The van der Waals surface area contributed by atoms with Crippen molar-refractivity contribution in [1.82, 2.24) is 19.5 Å². The second kappa shape index (κ2) is 5.28. The van der Waals surface area contributed by atoms with Crippen LogP contribution in [0.25, 0.3) is 10.2 Å². The standard InChI is InChI=1S/C16H19N5OS/c1-4-12-18-13(11-5-8-23-14(11)19-12)21-9-16(10-21,22-3)15-17-6-7-20(15)2/h5-8H,4,9-10H2,1-3H3. The Hall–Kier alpha value is -1.99. The molecule has 3 aromatic heterocycles. The molecule has 0 aliphatic carbocycles. The smallest absolute Gasteiger partial charge is 0.160 e. The SMILES string of the molecule is CCc1nc(N2CC(OC)(c3nccn3C)C2)c2ccsc2n1. The van der Waals surface area contributed by atoms with E-state index in [2.05, 4.69) is 33.2 Å². The normalized spacial score (nSPS) is 16.7. The minimum atomic E-state index is -0.363. The van der Waals surface area contributed by atoms with Crippen LogP contribution in [0.15, 0.2) is 23.8 Å². The number of ether oxygens (including phenoxy) is 1. The Labute approximate surface area is 138 Å². The van der Waals surface area contributed by atoms with Crippen molar-refractivity contribution in [3.05, 3.63) is 35.5 Å². The lowest BCUT2D eigenvalue weighted by Crippen LogP contribution is -2.62. The first-order chi connectivity index (χ1) is 11.2. The Balaban J connectivity index is 1.70. The highest BCUT2D eigenvalue weighted by Crippen LogP contribution is 2.39. The van der Waals surface area contributed by atoms with Gasteiger partial charge in [0.1, 0.15) is 22.3 Å². The first-order valence-electron chi connectivity index (χ1n) is 7.69. The molecule has 1 aliphatic rings. The van der Waals surface area contributed by atoms with E-state index in [4.69, 9.17) is 9.72 Å². The number of hydrogen-bond acceptors (Lipinski definition) is 6. The average Bonchev–Trinajstić information content (AvgIpc) is 3.15. The Morgan fingerprint density at radius 2 is 2.17 bits per heavy atom. The van der Waals surface area contributed by atoms with E-state index in [1.807, 2.05) is 24.0 Å². The molecule has 7 heteroatoms. The number of aromatic nitrogens is 4. The van der Waals surface area contributed by atoms with Crippen LogP contribution in [-0.2, 0) is 23.8 Å². The lowest BCUT2D eigenvalue weighted by molar-refractivity contribution is -0.0475. The van der Waals surface area contributed by atoms with Crippen LogP contribution in [0.1, 0.15) is 18.6 Å². The summed E-state index contributed by atoms with van der Waals surface area (Å²) in [6.07, 6.45) is 4.61. The van der Waals surface area contributed by atoms with E-state index in [0.29, 0.717) is 0 Å². The monoisotopic (exact) mass is 329 g/mol. The number of aryl methyl sites for hydroxylation is 2. The zero-order valence-electron chi connectivity index (χ0n) is 13.5. The van der Waals surface area contributed by atoms with Gasteiger partial charge in [0.25, 0.3) is 0 Å². The minimum Gasteiger partial charge on any atom is -0.367 e. The van der Waals surface area contributed by atoms with Crippen molar-refractivity contribution in [2.45, 2.75) is 18.9 Å². The van der Waals surface area contributed by atoms with Gasteiger partial charge in [-0.15, -0.1) is 11.3 Å². The first kappa shape index (κ1) is 14.6. The third kappa shape index (κ3) is 2.14. The molecule has 1 aliphatic heterocycles. The number of thiophene rings is 1. The number of methoxy groups -OCH3 is 1. The molecule has 4 heterocycles. The van der Waals surface area contributed by atoms with Gasteiger partial charge in [-0.1, -0.05) is 6.92 Å². The third-order valence-electron chi connectivity index (χ3n) is 4.48. The second-order valence-corrected chi connectivity index (χ2v) is 6.77. The van der Waals surface area contributed by atoms with Gasteiger partial charge in [0.05, 0.1) is 18.5 Å². The van der Waals surface area contributed by atoms with E-state index in [9.17, 15) is 0 Å². The fourth-order valence-corrected chi connectivity index (χ4v) is 3.95. The summed E-state index contributed by atoms with van der Waals surface area (Å²) in [4.78, 5) is 17.2. The van der Waals surface area contributed by atoms with Crippen molar-refractivity contribution in [1.29, 1.82) is 0 Å². The van der Waals surface area contributed by atoms with Crippen LogP contribution >= 0.6 is 11.3 Å². The van der Waals surface area contributed by atoms with Crippen molar-refractivity contribution in [3.8, 4) is 0 Å². The van der Waals surface area contributed by atoms with Crippen LogP contribution in [0.2, 0.25) is 0 Å². The molecular formula is C16H19N5OS. The number of nitrogens with zero attached hydrogens (tertiary/aromatic N) is 5. The van der Waals surface area contributed by atoms with E-state index in [1.54, 1.807) is 18.4 Å². The zero-order valence-corrected chi connectivity index (χ0v) is 14.3. The molecular weight excluding hydrogens is 310 g/mol. The van der Waals surface area contributed by atoms with Crippen molar-refractivity contribution in [3.63, 3.8) is 0 Å². The highest BCUT2D eigenvalue weighted by Gasteiger charge is 2.48. The molecule has 6 nitrogen and oxygen atoms in total. The quantitative estimate of drug-likeness (QED) is 0.735. The fraction of sp³-hybridized carbons (Fsp3) is 0.438. The van der Waals surface area contributed by atoms with E-state index >= 15 is 0 Å². The molecule has 1 fully saturated rings. The molecule has 4 rings (SSSR count). The van der Waals surface area contributed by atoms with Crippen LogP contribution in [0, 0.1) is 0 Å². The van der Waals surface area contributed by atoms with Gasteiger partial charge >= 0.3 is 0 Å².